The van der Waals surface area contributed by atoms with Gasteiger partial charge in [0.15, 0.2) is 0 Å². The smallest absolute Gasteiger partial charge is 0.308 e. The second-order valence-corrected chi connectivity index (χ2v) is 8.24. The summed E-state index contributed by atoms with van der Waals surface area (Å²) in [6.45, 7) is 3.70. The Bertz CT molecular complexity index is 765. The van der Waals surface area contributed by atoms with Gasteiger partial charge in [0.05, 0.1) is 18.9 Å². The minimum Gasteiger partial charge on any atom is -0.469 e. The highest BCUT2D eigenvalue weighted by molar-refractivity contribution is 6.00. The van der Waals surface area contributed by atoms with Crippen LogP contribution in [-0.4, -0.2) is 62.5 Å². The second-order valence-electron chi connectivity index (χ2n) is 8.24. The van der Waals surface area contributed by atoms with Crippen molar-refractivity contribution >= 4 is 29.2 Å². The largest absolute Gasteiger partial charge is 0.469 e. The molecule has 1 atom stereocenters. The van der Waals surface area contributed by atoms with Crippen molar-refractivity contribution in [3.63, 3.8) is 0 Å². The first-order valence-corrected chi connectivity index (χ1v) is 10.6. The minimum atomic E-state index is -0.310. The van der Waals surface area contributed by atoms with Crippen LogP contribution >= 0.6 is 0 Å². The standard InChI is InChI=1S/C22H29N3O4/c1-29-22(28)16-8-12-24(13-9-16)21(27)17-14-20(26)25(15-17)19-6-4-18(5-7-19)23-10-2-3-11-23/h4-7,16-17H,2-3,8-15H2,1H3. The number of esters is 1. The summed E-state index contributed by atoms with van der Waals surface area (Å²) >= 11 is 0. The van der Waals surface area contributed by atoms with Crippen LogP contribution in [0.15, 0.2) is 24.3 Å². The van der Waals surface area contributed by atoms with Crippen LogP contribution in [0.25, 0.3) is 0 Å². The van der Waals surface area contributed by atoms with E-state index in [1.54, 1.807) is 9.80 Å². The average Bonchev–Trinajstić information content (AvgIpc) is 3.43. The highest BCUT2D eigenvalue weighted by atomic mass is 16.5. The molecule has 7 heteroatoms. The minimum absolute atomic E-state index is 0.00159. The number of carbonyl (C=O) groups excluding carboxylic acids is 3. The Morgan fingerprint density at radius 1 is 0.931 bits per heavy atom. The van der Waals surface area contributed by atoms with Gasteiger partial charge in [-0.25, -0.2) is 0 Å². The van der Waals surface area contributed by atoms with Crippen LogP contribution in [-0.2, 0) is 19.1 Å². The maximum absolute atomic E-state index is 12.9. The molecule has 3 aliphatic rings. The van der Waals surface area contributed by atoms with Gasteiger partial charge in [0.1, 0.15) is 0 Å². The van der Waals surface area contributed by atoms with Crippen molar-refractivity contribution in [2.75, 3.05) is 49.6 Å². The molecule has 3 saturated heterocycles. The number of benzene rings is 1. The number of nitrogens with zero attached hydrogens (tertiary/aromatic N) is 3. The Hall–Kier alpha value is -2.57. The normalized spacial score (nSPS) is 23.0. The van der Waals surface area contributed by atoms with E-state index >= 15 is 0 Å². The zero-order valence-corrected chi connectivity index (χ0v) is 17.0. The van der Waals surface area contributed by atoms with Crippen molar-refractivity contribution < 1.29 is 19.1 Å². The molecule has 0 bridgehead atoms. The highest BCUT2D eigenvalue weighted by Crippen LogP contribution is 2.30. The molecule has 156 valence electrons. The molecule has 0 spiro atoms. The molecule has 0 saturated carbocycles. The number of likely N-dealkylation sites (tertiary alicyclic amines) is 1. The van der Waals surface area contributed by atoms with Crippen molar-refractivity contribution in [2.45, 2.75) is 32.1 Å². The molecule has 2 amide bonds. The zero-order valence-electron chi connectivity index (χ0n) is 17.0. The maximum Gasteiger partial charge on any atom is 0.308 e. The Morgan fingerprint density at radius 3 is 2.17 bits per heavy atom. The second kappa shape index (κ2) is 8.43. The number of amides is 2. The number of anilines is 2. The molecular formula is C22H29N3O4. The number of carbonyl (C=O) groups is 3. The van der Waals surface area contributed by atoms with Crippen LogP contribution in [0.2, 0.25) is 0 Å². The Balaban J connectivity index is 1.35. The number of rotatable bonds is 4. The molecule has 0 radical (unpaired) electrons. The third-order valence-corrected chi connectivity index (χ3v) is 6.45. The first-order valence-electron chi connectivity index (χ1n) is 10.6. The van der Waals surface area contributed by atoms with Crippen molar-refractivity contribution in [3.05, 3.63) is 24.3 Å². The molecule has 0 N–H and O–H groups in total. The van der Waals surface area contributed by atoms with E-state index in [4.69, 9.17) is 4.74 Å². The van der Waals surface area contributed by atoms with Gasteiger partial charge in [0.2, 0.25) is 11.8 Å². The van der Waals surface area contributed by atoms with Crippen LogP contribution in [0.4, 0.5) is 11.4 Å². The molecule has 4 rings (SSSR count). The van der Waals surface area contributed by atoms with Gasteiger partial charge in [-0.1, -0.05) is 0 Å². The van der Waals surface area contributed by atoms with Gasteiger partial charge >= 0.3 is 5.97 Å². The van der Waals surface area contributed by atoms with E-state index in [1.807, 2.05) is 12.1 Å². The van der Waals surface area contributed by atoms with Crippen molar-refractivity contribution in [3.8, 4) is 0 Å². The van der Waals surface area contributed by atoms with Crippen LogP contribution < -0.4 is 9.80 Å². The van der Waals surface area contributed by atoms with Gasteiger partial charge in [-0.15, -0.1) is 0 Å². The first-order chi connectivity index (χ1) is 14.1. The molecular weight excluding hydrogens is 370 g/mol. The monoisotopic (exact) mass is 399 g/mol. The predicted octanol–water partition coefficient (Wildman–Crippen LogP) is 2.05. The molecule has 1 aromatic carbocycles. The number of methoxy groups -OCH3 is 1. The fraction of sp³-hybridized carbons (Fsp3) is 0.591. The van der Waals surface area contributed by atoms with Gasteiger partial charge < -0.3 is 19.4 Å². The van der Waals surface area contributed by atoms with Crippen molar-refractivity contribution in [2.24, 2.45) is 11.8 Å². The summed E-state index contributed by atoms with van der Waals surface area (Å²) in [5.41, 5.74) is 2.05. The van der Waals surface area contributed by atoms with Gasteiger partial charge in [-0.2, -0.15) is 0 Å². The van der Waals surface area contributed by atoms with Gasteiger partial charge in [0.25, 0.3) is 0 Å². The van der Waals surface area contributed by atoms with Gasteiger partial charge in [-0.3, -0.25) is 14.4 Å². The van der Waals surface area contributed by atoms with Gasteiger partial charge in [0, 0.05) is 50.5 Å². The Morgan fingerprint density at radius 2 is 1.55 bits per heavy atom. The molecule has 1 unspecified atom stereocenters. The lowest BCUT2D eigenvalue weighted by atomic mass is 9.95. The number of hydrogen-bond donors (Lipinski definition) is 0. The first kappa shape index (κ1) is 19.7. The summed E-state index contributed by atoms with van der Waals surface area (Å²) in [4.78, 5) is 43.1. The quantitative estimate of drug-likeness (QED) is 0.725. The number of ether oxygens (including phenoxy) is 1. The molecule has 3 fully saturated rings. The molecule has 1 aromatic rings. The fourth-order valence-electron chi connectivity index (χ4n) is 4.70. The van der Waals surface area contributed by atoms with E-state index in [0.29, 0.717) is 32.5 Å². The van der Waals surface area contributed by atoms with Crippen LogP contribution in [0.1, 0.15) is 32.1 Å². The molecule has 0 aliphatic carbocycles. The third-order valence-electron chi connectivity index (χ3n) is 6.45. The summed E-state index contributed by atoms with van der Waals surface area (Å²) in [7, 11) is 1.40. The molecule has 7 nitrogen and oxygen atoms in total. The number of hydrogen-bond acceptors (Lipinski definition) is 5. The molecule has 0 aromatic heterocycles. The van der Waals surface area contributed by atoms with Crippen LogP contribution in [0.3, 0.4) is 0 Å². The van der Waals surface area contributed by atoms with E-state index in [1.165, 1.54) is 25.6 Å². The predicted molar refractivity (Wildman–Crippen MR) is 110 cm³/mol. The number of piperidine rings is 1. The molecule has 3 heterocycles. The maximum atomic E-state index is 12.9. The lowest BCUT2D eigenvalue weighted by Gasteiger charge is -2.32. The van der Waals surface area contributed by atoms with E-state index < -0.39 is 0 Å². The fourth-order valence-corrected chi connectivity index (χ4v) is 4.70. The lowest BCUT2D eigenvalue weighted by molar-refractivity contribution is -0.149. The lowest BCUT2D eigenvalue weighted by Crippen LogP contribution is -2.43. The summed E-state index contributed by atoms with van der Waals surface area (Å²) < 4.78 is 4.81. The van der Waals surface area contributed by atoms with Crippen molar-refractivity contribution in [1.29, 1.82) is 0 Å². The van der Waals surface area contributed by atoms with E-state index in [9.17, 15) is 14.4 Å². The van der Waals surface area contributed by atoms with Gasteiger partial charge in [-0.05, 0) is 49.9 Å². The van der Waals surface area contributed by atoms with E-state index in [-0.39, 0.29) is 36.0 Å². The summed E-state index contributed by atoms with van der Waals surface area (Å²) in [6, 6.07) is 8.11. The summed E-state index contributed by atoms with van der Waals surface area (Å²) in [5, 5.41) is 0. The Kier molecular flexibility index (Phi) is 5.74. The highest BCUT2D eigenvalue weighted by Gasteiger charge is 2.38. The molecule has 3 aliphatic heterocycles. The Labute approximate surface area is 171 Å². The summed E-state index contributed by atoms with van der Waals surface area (Å²) in [6.07, 6.45) is 3.96. The topological polar surface area (TPSA) is 70.2 Å². The van der Waals surface area contributed by atoms with Crippen LogP contribution in [0.5, 0.6) is 0 Å². The summed E-state index contributed by atoms with van der Waals surface area (Å²) in [5.74, 6) is -0.605. The van der Waals surface area contributed by atoms with E-state index in [2.05, 4.69) is 17.0 Å². The molecule has 29 heavy (non-hydrogen) atoms. The SMILES string of the molecule is COC(=O)C1CCN(C(=O)C2CC(=O)N(c3ccc(N4CCCC4)cc3)C2)CC1. The van der Waals surface area contributed by atoms with E-state index in [0.717, 1.165) is 18.8 Å². The zero-order chi connectivity index (χ0) is 20.4. The van der Waals surface area contributed by atoms with Crippen LogP contribution in [0, 0.1) is 11.8 Å². The van der Waals surface area contributed by atoms with Crippen molar-refractivity contribution in [1.82, 2.24) is 4.90 Å². The average molecular weight is 399 g/mol. The third kappa shape index (κ3) is 4.09.